The number of furan rings is 1. The van der Waals surface area contributed by atoms with Crippen molar-refractivity contribution < 1.29 is 13.6 Å². The summed E-state index contributed by atoms with van der Waals surface area (Å²) in [6.45, 7) is 0. The van der Waals surface area contributed by atoms with Crippen LogP contribution >= 0.6 is 27.5 Å². The molecule has 0 spiro atoms. The number of halogens is 2. The van der Waals surface area contributed by atoms with Gasteiger partial charge < -0.3 is 4.42 Å². The molecule has 0 saturated heterocycles. The lowest BCUT2D eigenvalue weighted by Gasteiger charge is -1.97. The maximum atomic E-state index is 12.9. The Morgan fingerprint density at radius 3 is 2.67 bits per heavy atom. The van der Waals surface area contributed by atoms with Crippen molar-refractivity contribution in [3.8, 4) is 11.4 Å². The van der Waals surface area contributed by atoms with Crippen LogP contribution in [0.25, 0.3) is 11.4 Å². The molecule has 0 atom stereocenters. The number of aromatic nitrogens is 2. The highest BCUT2D eigenvalue weighted by Crippen LogP contribution is 2.22. The summed E-state index contributed by atoms with van der Waals surface area (Å²) in [6.07, 6.45) is 0. The summed E-state index contributed by atoms with van der Waals surface area (Å²) in [4.78, 5) is 16.1. The molecule has 1 amide bonds. The molecule has 8 heteroatoms. The number of nitrogens with one attached hydrogen (secondary N) is 1. The zero-order valence-corrected chi connectivity index (χ0v) is 12.7. The van der Waals surface area contributed by atoms with E-state index in [1.165, 1.54) is 12.1 Å². The van der Waals surface area contributed by atoms with Crippen LogP contribution in [0.3, 0.4) is 0 Å². The molecule has 0 radical (unpaired) electrons. The van der Waals surface area contributed by atoms with Gasteiger partial charge in [-0.1, -0.05) is 0 Å². The first-order valence-corrected chi connectivity index (χ1v) is 7.35. The van der Waals surface area contributed by atoms with Crippen molar-refractivity contribution in [2.24, 2.45) is 0 Å². The van der Waals surface area contributed by atoms with Gasteiger partial charge in [0.25, 0.3) is 5.91 Å². The number of nitrogens with zero attached hydrogens (tertiary/aromatic N) is 2. The van der Waals surface area contributed by atoms with Crippen molar-refractivity contribution in [2.75, 3.05) is 5.32 Å². The Bertz CT molecular complexity index is 785. The van der Waals surface area contributed by atoms with Crippen molar-refractivity contribution in [1.29, 1.82) is 0 Å². The molecule has 0 bridgehead atoms. The molecule has 21 heavy (non-hydrogen) atoms. The quantitative estimate of drug-likeness (QED) is 0.760. The van der Waals surface area contributed by atoms with E-state index >= 15 is 0 Å². The summed E-state index contributed by atoms with van der Waals surface area (Å²) in [7, 11) is 0. The van der Waals surface area contributed by atoms with E-state index in [1.54, 1.807) is 24.3 Å². The van der Waals surface area contributed by atoms with E-state index < -0.39 is 5.91 Å². The van der Waals surface area contributed by atoms with Crippen LogP contribution in [0.1, 0.15) is 10.6 Å². The van der Waals surface area contributed by atoms with Gasteiger partial charge in [0.15, 0.2) is 16.3 Å². The molecule has 2 heterocycles. The van der Waals surface area contributed by atoms with E-state index in [2.05, 4.69) is 30.6 Å². The van der Waals surface area contributed by atoms with Gasteiger partial charge in [-0.3, -0.25) is 10.1 Å². The van der Waals surface area contributed by atoms with Crippen LogP contribution in [0, 0.1) is 5.82 Å². The molecule has 0 unspecified atom stereocenters. The van der Waals surface area contributed by atoms with Gasteiger partial charge in [0, 0.05) is 17.1 Å². The average molecular weight is 368 g/mol. The summed E-state index contributed by atoms with van der Waals surface area (Å²) in [5.74, 6) is -0.148. The van der Waals surface area contributed by atoms with Gasteiger partial charge in [-0.2, -0.15) is 9.36 Å². The van der Waals surface area contributed by atoms with Gasteiger partial charge in [0.1, 0.15) is 5.82 Å². The molecular formula is C13H7BrFN3O2S. The molecule has 106 valence electrons. The first-order chi connectivity index (χ1) is 10.1. The smallest absolute Gasteiger partial charge is 0.293 e. The molecule has 5 nitrogen and oxygen atoms in total. The second kappa shape index (κ2) is 5.74. The average Bonchev–Trinajstić information content (AvgIpc) is 3.09. The molecule has 0 aliphatic carbocycles. The molecule has 0 aliphatic rings. The second-order valence-electron chi connectivity index (χ2n) is 3.99. The summed E-state index contributed by atoms with van der Waals surface area (Å²) >= 11 is 4.16. The van der Waals surface area contributed by atoms with Gasteiger partial charge >= 0.3 is 0 Å². The molecule has 1 aromatic carbocycles. The van der Waals surface area contributed by atoms with Crippen LogP contribution in [-0.2, 0) is 0 Å². The van der Waals surface area contributed by atoms with Crippen molar-refractivity contribution in [2.45, 2.75) is 0 Å². The topological polar surface area (TPSA) is 68.0 Å². The number of carbonyl (C=O) groups excluding carboxylic acids is 1. The van der Waals surface area contributed by atoms with E-state index in [9.17, 15) is 9.18 Å². The minimum absolute atomic E-state index is 0.167. The minimum Gasteiger partial charge on any atom is -0.444 e. The Balaban J connectivity index is 1.76. The lowest BCUT2D eigenvalue weighted by Crippen LogP contribution is -2.10. The highest BCUT2D eigenvalue weighted by Gasteiger charge is 2.14. The third-order valence-electron chi connectivity index (χ3n) is 2.55. The molecule has 3 aromatic rings. The third kappa shape index (κ3) is 3.17. The minimum atomic E-state index is -0.414. The van der Waals surface area contributed by atoms with Crippen LogP contribution < -0.4 is 5.32 Å². The largest absolute Gasteiger partial charge is 0.444 e. The Morgan fingerprint density at radius 2 is 2.00 bits per heavy atom. The van der Waals surface area contributed by atoms with Gasteiger partial charge in [-0.25, -0.2) is 4.39 Å². The maximum Gasteiger partial charge on any atom is 0.293 e. The lowest BCUT2D eigenvalue weighted by molar-refractivity contribution is 0.0995. The van der Waals surface area contributed by atoms with E-state index in [0.29, 0.717) is 21.2 Å². The number of hydrogen-bond acceptors (Lipinski definition) is 5. The Morgan fingerprint density at radius 1 is 1.24 bits per heavy atom. The number of benzene rings is 1. The normalized spacial score (nSPS) is 10.6. The standard InChI is InChI=1S/C13H7BrFN3O2S/c14-10-6-5-9(20-10)12(19)17-13-16-11(18-21-13)7-1-3-8(15)4-2-7/h1-6H,(H,16,17,18,19). The summed E-state index contributed by atoms with van der Waals surface area (Å²) < 4.78 is 22.6. The summed E-state index contributed by atoms with van der Waals surface area (Å²) in [5.41, 5.74) is 0.675. The molecule has 0 saturated carbocycles. The highest BCUT2D eigenvalue weighted by molar-refractivity contribution is 9.10. The Labute approximate surface area is 131 Å². The fraction of sp³-hybridized carbons (Fsp3) is 0. The van der Waals surface area contributed by atoms with Crippen molar-refractivity contribution >= 4 is 38.5 Å². The van der Waals surface area contributed by atoms with Crippen LogP contribution in [-0.4, -0.2) is 15.3 Å². The summed E-state index contributed by atoms with van der Waals surface area (Å²) in [6, 6.07) is 8.98. The van der Waals surface area contributed by atoms with Gasteiger partial charge in [-0.15, -0.1) is 0 Å². The molecule has 0 aliphatic heterocycles. The van der Waals surface area contributed by atoms with Crippen LogP contribution in [0.5, 0.6) is 0 Å². The zero-order valence-electron chi connectivity index (χ0n) is 10.3. The highest BCUT2D eigenvalue weighted by atomic mass is 79.9. The maximum absolute atomic E-state index is 12.9. The summed E-state index contributed by atoms with van der Waals surface area (Å²) in [5, 5.41) is 2.93. The van der Waals surface area contributed by atoms with E-state index in [-0.39, 0.29) is 11.6 Å². The number of anilines is 1. The molecule has 1 N–H and O–H groups in total. The third-order valence-corrected chi connectivity index (χ3v) is 3.60. The van der Waals surface area contributed by atoms with E-state index in [4.69, 9.17) is 4.42 Å². The van der Waals surface area contributed by atoms with Crippen molar-refractivity contribution in [3.05, 3.63) is 52.6 Å². The fourth-order valence-electron chi connectivity index (χ4n) is 1.59. The van der Waals surface area contributed by atoms with Crippen LogP contribution in [0.15, 0.2) is 45.5 Å². The van der Waals surface area contributed by atoms with Crippen LogP contribution in [0.2, 0.25) is 0 Å². The van der Waals surface area contributed by atoms with E-state index in [0.717, 1.165) is 11.5 Å². The monoisotopic (exact) mass is 367 g/mol. The SMILES string of the molecule is O=C(Nc1nc(-c2ccc(F)cc2)ns1)c1ccc(Br)o1. The Kier molecular flexibility index (Phi) is 3.80. The lowest BCUT2D eigenvalue weighted by atomic mass is 10.2. The van der Waals surface area contributed by atoms with Crippen molar-refractivity contribution in [3.63, 3.8) is 0 Å². The Hall–Kier alpha value is -2.06. The predicted molar refractivity (Wildman–Crippen MR) is 79.7 cm³/mol. The van der Waals surface area contributed by atoms with E-state index in [1.807, 2.05) is 0 Å². The number of amides is 1. The van der Waals surface area contributed by atoms with Gasteiger partial charge in [-0.05, 0) is 52.3 Å². The molecule has 0 fully saturated rings. The first-order valence-electron chi connectivity index (χ1n) is 5.78. The second-order valence-corrected chi connectivity index (χ2v) is 5.52. The molecule has 3 rings (SSSR count). The zero-order chi connectivity index (χ0) is 14.8. The van der Waals surface area contributed by atoms with Gasteiger partial charge in [0.2, 0.25) is 5.13 Å². The van der Waals surface area contributed by atoms with Gasteiger partial charge in [0.05, 0.1) is 0 Å². The van der Waals surface area contributed by atoms with Crippen molar-refractivity contribution in [1.82, 2.24) is 9.36 Å². The number of rotatable bonds is 3. The first kappa shape index (κ1) is 13.9. The van der Waals surface area contributed by atoms with Crippen LogP contribution in [0.4, 0.5) is 9.52 Å². The molecule has 2 aromatic heterocycles. The predicted octanol–water partition coefficient (Wildman–Crippen LogP) is 3.95. The number of hydrogen-bond donors (Lipinski definition) is 1. The fourth-order valence-corrected chi connectivity index (χ4v) is 2.48. The molecular weight excluding hydrogens is 361 g/mol. The number of carbonyl (C=O) groups is 1.